The second-order valence-corrected chi connectivity index (χ2v) is 10.1. The molecule has 11 heteroatoms. The molecule has 1 aliphatic heterocycles. The fourth-order valence-electron chi connectivity index (χ4n) is 5.13. The monoisotopic (exact) mass is 545 g/mol. The molecule has 0 radical (unpaired) electrons. The molecule has 6 rings (SSSR count). The van der Waals surface area contributed by atoms with Crippen LogP contribution in [0.25, 0.3) is 27.6 Å². The van der Waals surface area contributed by atoms with Gasteiger partial charge in [-0.25, -0.2) is 9.67 Å². The predicted molar refractivity (Wildman–Crippen MR) is 139 cm³/mol. The van der Waals surface area contributed by atoms with Crippen molar-refractivity contribution in [3.63, 3.8) is 0 Å². The summed E-state index contributed by atoms with van der Waals surface area (Å²) in [6.45, 7) is 1.81. The van der Waals surface area contributed by atoms with Crippen molar-refractivity contribution in [1.29, 1.82) is 5.26 Å². The van der Waals surface area contributed by atoms with Crippen LogP contribution in [0.15, 0.2) is 41.3 Å². The maximum Gasteiger partial charge on any atom is 0.224 e. The van der Waals surface area contributed by atoms with E-state index < -0.39 is 0 Å². The minimum absolute atomic E-state index is 0.00196. The molecule has 4 aromatic rings. The predicted octanol–water partition coefficient (Wildman–Crippen LogP) is 3.06. The second kappa shape index (κ2) is 9.44. The molecule has 1 amide bonds. The smallest absolute Gasteiger partial charge is 0.224 e. The van der Waals surface area contributed by atoms with E-state index in [1.54, 1.807) is 23.1 Å². The molecular formula is C25H24BrN9O. The number of amides is 1. The molecule has 1 saturated heterocycles. The molecular weight excluding hydrogens is 522 g/mol. The molecule has 2 fully saturated rings. The molecule has 1 unspecified atom stereocenters. The van der Waals surface area contributed by atoms with E-state index in [9.17, 15) is 10.1 Å². The Morgan fingerprint density at radius 3 is 2.97 bits per heavy atom. The summed E-state index contributed by atoms with van der Waals surface area (Å²) in [5, 5.41) is 25.8. The Labute approximate surface area is 215 Å². The Balaban J connectivity index is 1.25. The molecule has 3 aromatic heterocycles. The zero-order chi connectivity index (χ0) is 24.6. The van der Waals surface area contributed by atoms with Gasteiger partial charge in [-0.3, -0.25) is 9.78 Å². The molecule has 36 heavy (non-hydrogen) atoms. The largest absolute Gasteiger partial charge is 0.352 e. The number of hydrogen-bond acceptors (Lipinski definition) is 8. The summed E-state index contributed by atoms with van der Waals surface area (Å²) in [5.74, 6) is 0.637. The van der Waals surface area contributed by atoms with Gasteiger partial charge in [0.05, 0.1) is 22.2 Å². The lowest BCUT2D eigenvalue weighted by Crippen LogP contribution is -2.39. The minimum atomic E-state index is 0.00196. The zero-order valence-corrected chi connectivity index (χ0v) is 21.0. The maximum atomic E-state index is 12.7. The summed E-state index contributed by atoms with van der Waals surface area (Å²) >= 11 is 3.51. The van der Waals surface area contributed by atoms with Crippen molar-refractivity contribution in [3.05, 3.63) is 46.8 Å². The third-order valence-electron chi connectivity index (χ3n) is 6.98. The summed E-state index contributed by atoms with van der Waals surface area (Å²) in [6.07, 6.45) is 6.88. The average Bonchev–Trinajstić information content (AvgIpc) is 3.64. The number of carbonyl (C=O) groups is 1. The summed E-state index contributed by atoms with van der Waals surface area (Å²) in [6, 6.07) is 10.1. The van der Waals surface area contributed by atoms with Crippen LogP contribution in [-0.4, -0.2) is 55.8 Å². The van der Waals surface area contributed by atoms with Crippen LogP contribution in [0.5, 0.6) is 0 Å². The van der Waals surface area contributed by atoms with Gasteiger partial charge in [0.2, 0.25) is 11.9 Å². The minimum Gasteiger partial charge on any atom is -0.352 e. The van der Waals surface area contributed by atoms with Crippen molar-refractivity contribution in [2.24, 2.45) is 5.92 Å². The highest BCUT2D eigenvalue weighted by Gasteiger charge is 2.32. The highest BCUT2D eigenvalue weighted by atomic mass is 79.9. The van der Waals surface area contributed by atoms with Crippen LogP contribution in [0.1, 0.15) is 31.2 Å². The normalized spacial score (nSPS) is 21.6. The number of aromatic nitrogens is 5. The quantitative estimate of drug-likeness (QED) is 0.348. The van der Waals surface area contributed by atoms with Crippen molar-refractivity contribution >= 4 is 49.7 Å². The van der Waals surface area contributed by atoms with Crippen LogP contribution in [0, 0.1) is 17.2 Å². The summed E-state index contributed by atoms with van der Waals surface area (Å²) < 4.78 is 2.33. The first-order valence-corrected chi connectivity index (χ1v) is 12.9. The molecule has 2 aliphatic rings. The van der Waals surface area contributed by atoms with Gasteiger partial charge >= 0.3 is 0 Å². The van der Waals surface area contributed by atoms with E-state index in [0.29, 0.717) is 33.0 Å². The Hall–Kier alpha value is -3.62. The highest BCUT2D eigenvalue weighted by molar-refractivity contribution is 9.10. The molecule has 3 atom stereocenters. The summed E-state index contributed by atoms with van der Waals surface area (Å²) in [7, 11) is 0. The van der Waals surface area contributed by atoms with Crippen LogP contribution in [0.2, 0.25) is 0 Å². The Morgan fingerprint density at radius 1 is 1.22 bits per heavy atom. The van der Waals surface area contributed by atoms with Crippen molar-refractivity contribution in [2.45, 2.75) is 37.8 Å². The molecule has 1 aliphatic carbocycles. The molecule has 1 saturated carbocycles. The van der Waals surface area contributed by atoms with Crippen LogP contribution in [0.3, 0.4) is 0 Å². The van der Waals surface area contributed by atoms with Gasteiger partial charge in [0.15, 0.2) is 5.65 Å². The number of nitrogens with one attached hydrogen (secondary N) is 3. The van der Waals surface area contributed by atoms with Crippen LogP contribution < -0.4 is 16.0 Å². The fourth-order valence-corrected chi connectivity index (χ4v) is 5.57. The van der Waals surface area contributed by atoms with Gasteiger partial charge in [-0.2, -0.15) is 15.3 Å². The van der Waals surface area contributed by atoms with Crippen LogP contribution in [0.4, 0.5) is 5.95 Å². The third kappa shape index (κ3) is 4.27. The first-order valence-electron chi connectivity index (χ1n) is 12.1. The summed E-state index contributed by atoms with van der Waals surface area (Å²) in [5.41, 5.74) is 2.46. The van der Waals surface area contributed by atoms with E-state index in [1.807, 2.05) is 18.2 Å². The number of hydrogen-bond donors (Lipinski definition) is 3. The number of benzene rings is 1. The van der Waals surface area contributed by atoms with E-state index in [1.165, 1.54) is 0 Å². The van der Waals surface area contributed by atoms with E-state index in [2.05, 4.69) is 53.0 Å². The molecule has 0 spiro atoms. The third-order valence-corrected chi connectivity index (χ3v) is 7.56. The standard InChI is InChI=1S/C25H24BrN9O/c26-22-20-13-30-25(32-17-4-3-15(8-17)24(36)31-18-5-7-28-12-18)33-23(20)35(34-22)19-9-14-2-1-6-29-21(14)16(10-19)11-27/h1-2,6,9-10,13,15,17-18,28H,3-5,7-8,12H2,(H,31,36)(H,30,32,33)/t15-,17-,18?/m1/s1. The van der Waals surface area contributed by atoms with E-state index in [4.69, 9.17) is 4.98 Å². The number of anilines is 1. The summed E-state index contributed by atoms with van der Waals surface area (Å²) in [4.78, 5) is 26.3. The number of nitrogens with zero attached hydrogens (tertiary/aromatic N) is 6. The van der Waals surface area contributed by atoms with Gasteiger partial charge < -0.3 is 16.0 Å². The topological polar surface area (TPSA) is 133 Å². The van der Waals surface area contributed by atoms with Crippen LogP contribution >= 0.6 is 15.9 Å². The van der Waals surface area contributed by atoms with Crippen LogP contribution in [-0.2, 0) is 4.79 Å². The second-order valence-electron chi connectivity index (χ2n) is 9.36. The van der Waals surface area contributed by atoms with Crippen molar-refractivity contribution in [2.75, 3.05) is 18.4 Å². The van der Waals surface area contributed by atoms with E-state index >= 15 is 0 Å². The van der Waals surface area contributed by atoms with Crippen molar-refractivity contribution in [1.82, 2.24) is 35.4 Å². The lowest BCUT2D eigenvalue weighted by atomic mass is 10.1. The highest BCUT2D eigenvalue weighted by Crippen LogP contribution is 2.30. The van der Waals surface area contributed by atoms with E-state index in [0.717, 1.165) is 49.5 Å². The van der Waals surface area contributed by atoms with Crippen molar-refractivity contribution < 1.29 is 4.79 Å². The zero-order valence-electron chi connectivity index (χ0n) is 19.4. The van der Waals surface area contributed by atoms with Gasteiger partial charge in [-0.05, 0) is 66.4 Å². The number of nitriles is 1. The number of halogens is 1. The molecule has 182 valence electrons. The van der Waals surface area contributed by atoms with Crippen molar-refractivity contribution in [3.8, 4) is 11.8 Å². The molecule has 4 heterocycles. The van der Waals surface area contributed by atoms with Gasteiger partial charge in [0, 0.05) is 42.3 Å². The maximum absolute atomic E-state index is 12.7. The number of pyridine rings is 1. The molecule has 3 N–H and O–H groups in total. The Bertz CT molecular complexity index is 1500. The van der Waals surface area contributed by atoms with Gasteiger partial charge in [-0.1, -0.05) is 6.07 Å². The molecule has 10 nitrogen and oxygen atoms in total. The average molecular weight is 546 g/mol. The first kappa shape index (κ1) is 22.8. The van der Waals surface area contributed by atoms with Gasteiger partial charge in [0.1, 0.15) is 10.7 Å². The molecule has 1 aromatic carbocycles. The first-order chi connectivity index (χ1) is 17.6. The van der Waals surface area contributed by atoms with Gasteiger partial charge in [-0.15, -0.1) is 0 Å². The Morgan fingerprint density at radius 2 is 2.14 bits per heavy atom. The number of rotatable bonds is 5. The fraction of sp³-hybridized carbons (Fsp3) is 0.360. The lowest BCUT2D eigenvalue weighted by Gasteiger charge is -2.16. The number of carbonyl (C=O) groups excluding carboxylic acids is 1. The molecule has 0 bridgehead atoms. The Kier molecular flexibility index (Phi) is 5.99. The number of fused-ring (bicyclic) bond motifs is 2. The SMILES string of the molecule is N#Cc1cc(-n2nc(Br)c3cnc(N[C@@H]4CC[C@@H](C(=O)NC5CCNC5)C4)nc32)cc2cccnc12. The van der Waals surface area contributed by atoms with E-state index in [-0.39, 0.29) is 23.9 Å². The lowest BCUT2D eigenvalue weighted by molar-refractivity contribution is -0.125. The van der Waals surface area contributed by atoms with Gasteiger partial charge in [0.25, 0.3) is 0 Å².